The Morgan fingerprint density at radius 1 is 1.26 bits per heavy atom. The molecule has 2 nitrogen and oxygen atoms in total. The number of hydrogen-bond acceptors (Lipinski definition) is 2. The monoisotopic (exact) mass is 281 g/mol. The zero-order valence-electron chi connectivity index (χ0n) is 11.9. The third-order valence-electron chi connectivity index (χ3n) is 4.27. The van der Waals surface area contributed by atoms with Crippen LogP contribution in [0.5, 0.6) is 0 Å². The second-order valence-corrected chi connectivity index (χ2v) is 6.04. The van der Waals surface area contributed by atoms with Gasteiger partial charge in [0.05, 0.1) is 5.60 Å². The Hall–Kier alpha value is -0.290. The maximum Gasteiger partial charge on any atom is 0.389 e. The Morgan fingerprint density at radius 3 is 2.26 bits per heavy atom. The van der Waals surface area contributed by atoms with Crippen molar-refractivity contribution >= 4 is 0 Å². The van der Waals surface area contributed by atoms with Crippen LogP contribution in [0.15, 0.2) is 0 Å². The summed E-state index contributed by atoms with van der Waals surface area (Å²) < 4.78 is 41.9. The maximum absolute atomic E-state index is 12.1. The summed E-state index contributed by atoms with van der Waals surface area (Å²) in [5.74, 6) is 1.35. The second-order valence-electron chi connectivity index (χ2n) is 6.04. The second kappa shape index (κ2) is 6.93. The molecule has 0 aromatic carbocycles. The van der Waals surface area contributed by atoms with E-state index in [0.29, 0.717) is 18.4 Å². The first-order valence-corrected chi connectivity index (χ1v) is 7.19. The number of hydrogen-bond donors (Lipinski definition) is 1. The van der Waals surface area contributed by atoms with Gasteiger partial charge >= 0.3 is 6.18 Å². The van der Waals surface area contributed by atoms with E-state index in [0.717, 1.165) is 25.7 Å². The average molecular weight is 281 g/mol. The largest absolute Gasteiger partial charge is 0.389 e. The molecular weight excluding hydrogens is 255 g/mol. The van der Waals surface area contributed by atoms with E-state index < -0.39 is 12.6 Å². The summed E-state index contributed by atoms with van der Waals surface area (Å²) in [4.78, 5) is 0. The summed E-state index contributed by atoms with van der Waals surface area (Å²) in [6.45, 7) is 4.99. The van der Waals surface area contributed by atoms with Gasteiger partial charge in [-0.15, -0.1) is 0 Å². The topological polar surface area (TPSA) is 35.2 Å². The molecule has 0 bridgehead atoms. The molecular formula is C14H26F3NO. The van der Waals surface area contributed by atoms with E-state index in [4.69, 9.17) is 10.5 Å². The van der Waals surface area contributed by atoms with Crippen molar-refractivity contribution in [2.75, 3.05) is 13.2 Å². The molecule has 0 spiro atoms. The molecule has 5 heteroatoms. The molecule has 2 N–H and O–H groups in total. The van der Waals surface area contributed by atoms with Gasteiger partial charge in [-0.25, -0.2) is 0 Å². The fourth-order valence-corrected chi connectivity index (χ4v) is 2.80. The zero-order chi connectivity index (χ0) is 14.5. The molecule has 1 aliphatic rings. The predicted molar refractivity (Wildman–Crippen MR) is 69.8 cm³/mol. The molecule has 0 aromatic heterocycles. The third kappa shape index (κ3) is 5.69. The minimum Gasteiger partial charge on any atom is -0.374 e. The van der Waals surface area contributed by atoms with Crippen molar-refractivity contribution in [2.45, 2.75) is 64.1 Å². The van der Waals surface area contributed by atoms with Gasteiger partial charge in [0.25, 0.3) is 0 Å². The summed E-state index contributed by atoms with van der Waals surface area (Å²) >= 11 is 0. The molecule has 0 atom stereocenters. The number of ether oxygens (including phenoxy) is 1. The van der Waals surface area contributed by atoms with Gasteiger partial charge in [0.1, 0.15) is 0 Å². The lowest BCUT2D eigenvalue weighted by Crippen LogP contribution is -2.44. The van der Waals surface area contributed by atoms with Gasteiger partial charge in [0, 0.05) is 19.6 Å². The molecule has 0 saturated heterocycles. The van der Waals surface area contributed by atoms with Gasteiger partial charge in [-0.05, 0) is 43.9 Å². The Kier molecular flexibility index (Phi) is 6.12. The molecule has 0 radical (unpaired) electrons. The van der Waals surface area contributed by atoms with Crippen LogP contribution in [0.2, 0.25) is 0 Å². The summed E-state index contributed by atoms with van der Waals surface area (Å²) in [5, 5.41) is 0. The van der Waals surface area contributed by atoms with Crippen LogP contribution >= 0.6 is 0 Å². The average Bonchev–Trinajstić information content (AvgIpc) is 2.34. The lowest BCUT2D eigenvalue weighted by molar-refractivity contribution is -0.143. The lowest BCUT2D eigenvalue weighted by atomic mass is 9.74. The lowest BCUT2D eigenvalue weighted by Gasteiger charge is -2.40. The minimum absolute atomic E-state index is 0.0266. The summed E-state index contributed by atoms with van der Waals surface area (Å²) in [6, 6.07) is 0. The van der Waals surface area contributed by atoms with Crippen LogP contribution in [0.4, 0.5) is 13.2 Å². The van der Waals surface area contributed by atoms with Crippen molar-refractivity contribution < 1.29 is 17.9 Å². The van der Waals surface area contributed by atoms with Crippen LogP contribution in [-0.4, -0.2) is 24.9 Å². The van der Waals surface area contributed by atoms with Gasteiger partial charge in [0.2, 0.25) is 0 Å². The van der Waals surface area contributed by atoms with Crippen LogP contribution in [0.3, 0.4) is 0 Å². The molecule has 0 unspecified atom stereocenters. The SMILES string of the molecule is CC(C)C1CCC(CN)(OCCCC(F)(F)F)CC1. The highest BCUT2D eigenvalue weighted by atomic mass is 19.4. The first-order chi connectivity index (χ1) is 8.78. The van der Waals surface area contributed by atoms with E-state index in [2.05, 4.69) is 13.8 Å². The molecule has 1 fully saturated rings. The Morgan fingerprint density at radius 2 is 1.84 bits per heavy atom. The van der Waals surface area contributed by atoms with Crippen molar-refractivity contribution in [1.29, 1.82) is 0 Å². The van der Waals surface area contributed by atoms with Crippen molar-refractivity contribution in [2.24, 2.45) is 17.6 Å². The Balaban J connectivity index is 2.33. The summed E-state index contributed by atoms with van der Waals surface area (Å²) in [6.07, 6.45) is -0.964. The van der Waals surface area contributed by atoms with Crippen LogP contribution in [0.25, 0.3) is 0 Å². The standard InChI is InChI=1S/C14H26F3NO/c1-11(2)12-4-7-13(10-18,8-5-12)19-9-3-6-14(15,16)17/h11-12H,3-10,18H2,1-2H3. The number of nitrogens with two attached hydrogens (primary N) is 1. The highest BCUT2D eigenvalue weighted by molar-refractivity contribution is 4.89. The van der Waals surface area contributed by atoms with Gasteiger partial charge < -0.3 is 10.5 Å². The number of rotatable bonds is 6. The van der Waals surface area contributed by atoms with Crippen molar-refractivity contribution in [3.63, 3.8) is 0 Å². The van der Waals surface area contributed by atoms with E-state index in [9.17, 15) is 13.2 Å². The van der Waals surface area contributed by atoms with E-state index in [-0.39, 0.29) is 18.6 Å². The molecule has 19 heavy (non-hydrogen) atoms. The quantitative estimate of drug-likeness (QED) is 0.750. The predicted octanol–water partition coefficient (Wildman–Crippen LogP) is 3.89. The normalized spacial score (nSPS) is 28.9. The molecule has 0 aromatic rings. The van der Waals surface area contributed by atoms with Gasteiger partial charge in [-0.2, -0.15) is 13.2 Å². The first-order valence-electron chi connectivity index (χ1n) is 7.19. The minimum atomic E-state index is -4.09. The summed E-state index contributed by atoms with van der Waals surface area (Å²) in [5.41, 5.74) is 5.40. The van der Waals surface area contributed by atoms with Gasteiger partial charge in [0.15, 0.2) is 0 Å². The van der Waals surface area contributed by atoms with Crippen molar-refractivity contribution in [1.82, 2.24) is 0 Å². The molecule has 114 valence electrons. The molecule has 1 aliphatic carbocycles. The third-order valence-corrected chi connectivity index (χ3v) is 4.27. The van der Waals surface area contributed by atoms with Crippen LogP contribution in [-0.2, 0) is 4.74 Å². The van der Waals surface area contributed by atoms with Crippen molar-refractivity contribution in [3.8, 4) is 0 Å². The van der Waals surface area contributed by atoms with Crippen LogP contribution in [0.1, 0.15) is 52.4 Å². The molecule has 0 amide bonds. The number of alkyl halides is 3. The number of halogens is 3. The van der Waals surface area contributed by atoms with Gasteiger partial charge in [-0.1, -0.05) is 13.8 Å². The maximum atomic E-state index is 12.1. The highest BCUT2D eigenvalue weighted by Gasteiger charge is 2.36. The van der Waals surface area contributed by atoms with E-state index in [1.165, 1.54) is 0 Å². The molecule has 1 rings (SSSR count). The highest BCUT2D eigenvalue weighted by Crippen LogP contribution is 2.37. The smallest absolute Gasteiger partial charge is 0.374 e. The summed E-state index contributed by atoms with van der Waals surface area (Å²) in [7, 11) is 0. The Bertz CT molecular complexity index is 258. The molecule has 1 saturated carbocycles. The van der Waals surface area contributed by atoms with Gasteiger partial charge in [-0.3, -0.25) is 0 Å². The fourth-order valence-electron chi connectivity index (χ4n) is 2.80. The van der Waals surface area contributed by atoms with Crippen molar-refractivity contribution in [3.05, 3.63) is 0 Å². The van der Waals surface area contributed by atoms with E-state index >= 15 is 0 Å². The first kappa shape index (κ1) is 16.8. The zero-order valence-corrected chi connectivity index (χ0v) is 11.9. The van der Waals surface area contributed by atoms with Crippen LogP contribution in [0, 0.1) is 11.8 Å². The van der Waals surface area contributed by atoms with E-state index in [1.54, 1.807) is 0 Å². The molecule has 0 heterocycles. The fraction of sp³-hybridized carbons (Fsp3) is 1.00. The molecule has 0 aliphatic heterocycles. The Labute approximate surface area is 113 Å². The van der Waals surface area contributed by atoms with E-state index in [1.807, 2.05) is 0 Å². The van der Waals surface area contributed by atoms with Crippen LogP contribution < -0.4 is 5.73 Å².